The summed E-state index contributed by atoms with van der Waals surface area (Å²) in [5.41, 5.74) is -1.98. The largest absolute Gasteiger partial charge is 0.464 e. The van der Waals surface area contributed by atoms with Gasteiger partial charge in [-0.2, -0.15) is 0 Å². The highest BCUT2D eigenvalue weighted by molar-refractivity contribution is 5.79. The minimum absolute atomic E-state index is 0.0762. The first-order chi connectivity index (χ1) is 7.96. The summed E-state index contributed by atoms with van der Waals surface area (Å²) in [7, 11) is 0. The predicted octanol–water partition coefficient (Wildman–Crippen LogP) is 1.53. The number of ether oxygens (including phenoxy) is 1. The lowest BCUT2D eigenvalue weighted by molar-refractivity contribution is -0.497. The molecule has 17 heavy (non-hydrogen) atoms. The van der Waals surface area contributed by atoms with Crippen molar-refractivity contribution in [2.24, 2.45) is 0 Å². The molecule has 0 saturated heterocycles. The molecule has 6 heteroatoms. The van der Waals surface area contributed by atoms with Gasteiger partial charge < -0.3 is 9.84 Å². The fourth-order valence-electron chi connectivity index (χ4n) is 1.57. The van der Waals surface area contributed by atoms with Crippen molar-refractivity contribution >= 4 is 5.97 Å². The molecule has 0 amide bonds. The van der Waals surface area contributed by atoms with E-state index >= 15 is 0 Å². The molecule has 0 unspecified atom stereocenters. The summed E-state index contributed by atoms with van der Waals surface area (Å²) in [6.45, 7) is 2.95. The summed E-state index contributed by atoms with van der Waals surface area (Å²) >= 11 is 0. The second-order valence-corrected chi connectivity index (χ2v) is 4.05. The Morgan fingerprint density at radius 1 is 1.35 bits per heavy atom. The summed E-state index contributed by atoms with van der Waals surface area (Å²) in [5, 5.41) is 20.4. The van der Waals surface area contributed by atoms with Gasteiger partial charge in [0.2, 0.25) is 12.1 Å². The highest BCUT2D eigenvalue weighted by Crippen LogP contribution is 2.18. The average Bonchev–Trinajstić information content (AvgIpc) is 2.24. The zero-order valence-corrected chi connectivity index (χ0v) is 10.5. The molecule has 1 N–H and O–H groups in total. The number of unbranched alkanes of at least 4 members (excludes halogenated alkanes) is 3. The van der Waals surface area contributed by atoms with Gasteiger partial charge in [0.1, 0.15) is 0 Å². The van der Waals surface area contributed by atoms with Gasteiger partial charge in [0.05, 0.1) is 6.61 Å². The molecule has 0 aliphatic rings. The molecule has 0 heterocycles. The Labute approximate surface area is 101 Å². The van der Waals surface area contributed by atoms with E-state index in [1.54, 1.807) is 6.92 Å². The Hall–Kier alpha value is -1.17. The summed E-state index contributed by atoms with van der Waals surface area (Å²) in [6.07, 6.45) is 3.50. The van der Waals surface area contributed by atoms with Gasteiger partial charge in [0, 0.05) is 4.92 Å². The lowest BCUT2D eigenvalue weighted by Gasteiger charge is -2.21. The fourth-order valence-corrected chi connectivity index (χ4v) is 1.57. The summed E-state index contributed by atoms with van der Waals surface area (Å²) < 4.78 is 4.67. The number of hydrogen-bond acceptors (Lipinski definition) is 5. The highest BCUT2D eigenvalue weighted by Gasteiger charge is 2.42. The van der Waals surface area contributed by atoms with Crippen molar-refractivity contribution in [1.29, 1.82) is 0 Å². The van der Waals surface area contributed by atoms with Crippen LogP contribution in [0.25, 0.3) is 0 Å². The molecule has 0 aromatic rings. The van der Waals surface area contributed by atoms with Gasteiger partial charge in [-0.15, -0.1) is 0 Å². The number of nitro groups is 1. The normalized spacial score (nSPS) is 14.1. The highest BCUT2D eigenvalue weighted by atomic mass is 16.6. The van der Waals surface area contributed by atoms with E-state index in [2.05, 4.69) is 4.74 Å². The molecule has 0 bridgehead atoms. The first-order valence-corrected chi connectivity index (χ1v) is 5.97. The lowest BCUT2D eigenvalue weighted by Crippen LogP contribution is -2.46. The fraction of sp³-hybridized carbons (Fsp3) is 0.909. The molecule has 0 saturated carbocycles. The Bertz CT molecular complexity index is 256. The average molecular weight is 247 g/mol. The van der Waals surface area contributed by atoms with E-state index in [4.69, 9.17) is 0 Å². The van der Waals surface area contributed by atoms with Crippen LogP contribution in [-0.2, 0) is 9.53 Å². The first kappa shape index (κ1) is 15.8. The molecule has 0 aromatic heterocycles. The molecule has 6 nitrogen and oxygen atoms in total. The molecular weight excluding hydrogens is 226 g/mol. The summed E-state index contributed by atoms with van der Waals surface area (Å²) in [6, 6.07) is 0. The number of nitrogens with zero attached hydrogens (tertiary/aromatic N) is 1. The van der Waals surface area contributed by atoms with Crippen LogP contribution in [0.4, 0.5) is 0 Å². The molecule has 1 atom stereocenters. The monoisotopic (exact) mass is 247 g/mol. The Morgan fingerprint density at radius 3 is 2.47 bits per heavy atom. The van der Waals surface area contributed by atoms with Crippen LogP contribution in [0.15, 0.2) is 0 Å². The third kappa shape index (κ3) is 6.21. The third-order valence-corrected chi connectivity index (χ3v) is 2.49. The van der Waals surface area contributed by atoms with Crippen LogP contribution in [0.5, 0.6) is 0 Å². The van der Waals surface area contributed by atoms with E-state index < -0.39 is 23.0 Å². The van der Waals surface area contributed by atoms with Crippen molar-refractivity contribution in [3.05, 3.63) is 10.1 Å². The molecule has 0 aliphatic heterocycles. The van der Waals surface area contributed by atoms with Crippen molar-refractivity contribution in [1.82, 2.24) is 0 Å². The van der Waals surface area contributed by atoms with Gasteiger partial charge in [-0.3, -0.25) is 10.1 Å². The number of carbonyl (C=O) groups is 1. The molecule has 0 spiro atoms. The number of aliphatic hydroxyl groups is 1. The number of carbonyl (C=O) groups excluding carboxylic acids is 1. The van der Waals surface area contributed by atoms with Crippen LogP contribution in [0.2, 0.25) is 0 Å². The topological polar surface area (TPSA) is 89.7 Å². The third-order valence-electron chi connectivity index (χ3n) is 2.49. The molecular formula is C11H21NO5. The molecule has 100 valence electrons. The van der Waals surface area contributed by atoms with E-state index in [1.807, 2.05) is 6.92 Å². The maximum Gasteiger partial charge on any atom is 0.345 e. The van der Waals surface area contributed by atoms with Gasteiger partial charge >= 0.3 is 5.97 Å². The van der Waals surface area contributed by atoms with Crippen LogP contribution < -0.4 is 0 Å². The number of esters is 1. The Balaban J connectivity index is 4.38. The first-order valence-electron chi connectivity index (χ1n) is 5.97. The standard InChI is InChI=1S/C11H21NO5/c1-3-5-6-7-8-11(14,9-12(15)16)10(13)17-4-2/h14H,3-9H2,1-2H3/t11-/m0/s1. The summed E-state index contributed by atoms with van der Waals surface area (Å²) in [4.78, 5) is 21.3. The molecule has 0 fully saturated rings. The maximum atomic E-state index is 11.5. The molecule has 0 rings (SSSR count). The van der Waals surface area contributed by atoms with E-state index in [0.717, 1.165) is 19.3 Å². The zero-order chi connectivity index (χ0) is 13.3. The van der Waals surface area contributed by atoms with Gasteiger partial charge in [-0.1, -0.05) is 26.2 Å². The van der Waals surface area contributed by atoms with Crippen molar-refractivity contribution in [2.45, 2.75) is 51.6 Å². The van der Waals surface area contributed by atoms with Crippen LogP contribution in [0, 0.1) is 10.1 Å². The summed E-state index contributed by atoms with van der Waals surface area (Å²) in [5.74, 6) is -0.895. The van der Waals surface area contributed by atoms with Gasteiger partial charge in [0.15, 0.2) is 0 Å². The second kappa shape index (κ2) is 8.00. The molecule has 0 aromatic carbocycles. The number of hydrogen-bond donors (Lipinski definition) is 1. The van der Waals surface area contributed by atoms with E-state index in [-0.39, 0.29) is 13.0 Å². The van der Waals surface area contributed by atoms with Crippen molar-refractivity contribution < 1.29 is 19.6 Å². The van der Waals surface area contributed by atoms with Crippen molar-refractivity contribution in [3.8, 4) is 0 Å². The molecule has 0 aliphatic carbocycles. The van der Waals surface area contributed by atoms with Crippen LogP contribution in [-0.4, -0.2) is 34.8 Å². The van der Waals surface area contributed by atoms with E-state index in [9.17, 15) is 20.0 Å². The van der Waals surface area contributed by atoms with Crippen LogP contribution in [0.3, 0.4) is 0 Å². The van der Waals surface area contributed by atoms with E-state index in [0.29, 0.717) is 6.42 Å². The Kier molecular flexibility index (Phi) is 7.45. The Morgan fingerprint density at radius 2 is 2.00 bits per heavy atom. The van der Waals surface area contributed by atoms with Gasteiger partial charge in [0.25, 0.3) is 0 Å². The van der Waals surface area contributed by atoms with Crippen LogP contribution >= 0.6 is 0 Å². The minimum Gasteiger partial charge on any atom is -0.464 e. The van der Waals surface area contributed by atoms with E-state index in [1.165, 1.54) is 0 Å². The predicted molar refractivity (Wildman–Crippen MR) is 62.2 cm³/mol. The maximum absolute atomic E-state index is 11.5. The quantitative estimate of drug-likeness (QED) is 0.289. The number of rotatable bonds is 9. The SMILES string of the molecule is CCCCCC[C@](O)(C[N+](=O)[O-])C(=O)OCC. The van der Waals surface area contributed by atoms with Crippen LogP contribution in [0.1, 0.15) is 46.0 Å². The van der Waals surface area contributed by atoms with Crippen molar-refractivity contribution in [3.63, 3.8) is 0 Å². The lowest BCUT2D eigenvalue weighted by atomic mass is 9.96. The van der Waals surface area contributed by atoms with Gasteiger partial charge in [-0.25, -0.2) is 4.79 Å². The van der Waals surface area contributed by atoms with Crippen molar-refractivity contribution in [2.75, 3.05) is 13.2 Å². The minimum atomic E-state index is -1.98. The molecule has 0 radical (unpaired) electrons. The second-order valence-electron chi connectivity index (χ2n) is 4.05. The van der Waals surface area contributed by atoms with Gasteiger partial charge in [-0.05, 0) is 19.8 Å². The zero-order valence-electron chi connectivity index (χ0n) is 10.5. The smallest absolute Gasteiger partial charge is 0.345 e.